The molecule has 0 radical (unpaired) electrons. The summed E-state index contributed by atoms with van der Waals surface area (Å²) in [5.74, 6) is 0.0185. The number of hydrogen-bond donors (Lipinski definition) is 1. The molecule has 1 N–H and O–H groups in total. The molecule has 0 aromatic rings. The summed E-state index contributed by atoms with van der Waals surface area (Å²) in [6.45, 7) is 11.4. The Labute approximate surface area is 177 Å². The molecular formula is C21H44O8. The highest BCUT2D eigenvalue weighted by Crippen LogP contribution is 2.23. The van der Waals surface area contributed by atoms with E-state index >= 15 is 0 Å². The first kappa shape index (κ1) is 32.8. The van der Waals surface area contributed by atoms with E-state index in [1.165, 1.54) is 13.0 Å². The number of ether oxygens (including phenoxy) is 6. The average Bonchev–Trinajstić information content (AvgIpc) is 2.71. The molecule has 0 spiro atoms. The van der Waals surface area contributed by atoms with Crippen molar-refractivity contribution in [2.45, 2.75) is 20.8 Å². The molecule has 0 aliphatic rings. The van der Waals surface area contributed by atoms with E-state index in [0.29, 0.717) is 46.2 Å². The van der Waals surface area contributed by atoms with Gasteiger partial charge >= 0.3 is 0 Å². The van der Waals surface area contributed by atoms with Gasteiger partial charge in [0.25, 0.3) is 0 Å². The summed E-state index contributed by atoms with van der Waals surface area (Å²) >= 11 is 0. The Morgan fingerprint density at radius 2 is 1.03 bits per heavy atom. The Morgan fingerprint density at radius 3 is 1.28 bits per heavy atom. The minimum atomic E-state index is -0.581. The standard InChI is InChI=1S/C15H32O7.C4H6O.C2H6/c1-17-7-14(6-16,8-18-2)12-22-13-15(9-19-3,10-20-4)11-21-5;1-3-4(2)5;1-2/h16H,6-13H2,1-5H3;3H,1H2,2H3;1-2H3. The maximum atomic E-state index is 9.69. The third kappa shape index (κ3) is 16.6. The Morgan fingerprint density at radius 1 is 0.759 bits per heavy atom. The molecular weight excluding hydrogens is 380 g/mol. The van der Waals surface area contributed by atoms with Crippen molar-refractivity contribution in [3.05, 3.63) is 12.7 Å². The van der Waals surface area contributed by atoms with Crippen molar-refractivity contribution in [2.24, 2.45) is 10.8 Å². The van der Waals surface area contributed by atoms with Gasteiger partial charge in [0.1, 0.15) is 0 Å². The molecule has 0 amide bonds. The fraction of sp³-hybridized carbons (Fsp3) is 0.857. The van der Waals surface area contributed by atoms with Gasteiger partial charge in [-0.2, -0.15) is 0 Å². The number of carbonyl (C=O) groups is 1. The molecule has 0 saturated heterocycles. The summed E-state index contributed by atoms with van der Waals surface area (Å²) in [5.41, 5.74) is -0.970. The minimum Gasteiger partial charge on any atom is -0.396 e. The maximum absolute atomic E-state index is 9.69. The molecule has 29 heavy (non-hydrogen) atoms. The van der Waals surface area contributed by atoms with Crippen LogP contribution in [0.3, 0.4) is 0 Å². The summed E-state index contributed by atoms with van der Waals surface area (Å²) in [6, 6.07) is 0. The lowest BCUT2D eigenvalue weighted by Gasteiger charge is -2.34. The molecule has 0 saturated carbocycles. The Bertz CT molecular complexity index is 351. The fourth-order valence-electron chi connectivity index (χ4n) is 2.53. The highest BCUT2D eigenvalue weighted by molar-refractivity contribution is 5.86. The van der Waals surface area contributed by atoms with Crippen LogP contribution in [0.2, 0.25) is 0 Å². The lowest BCUT2D eigenvalue weighted by Crippen LogP contribution is -2.44. The quantitative estimate of drug-likeness (QED) is 0.376. The zero-order valence-electron chi connectivity index (χ0n) is 19.7. The van der Waals surface area contributed by atoms with Crippen LogP contribution in [0.4, 0.5) is 0 Å². The molecule has 176 valence electrons. The summed E-state index contributed by atoms with van der Waals surface area (Å²) in [7, 11) is 8.08. The van der Waals surface area contributed by atoms with Crippen LogP contribution in [0.15, 0.2) is 12.7 Å². The number of aliphatic hydroxyl groups is 1. The zero-order chi connectivity index (χ0) is 23.2. The average molecular weight is 425 g/mol. The van der Waals surface area contributed by atoms with Crippen molar-refractivity contribution in [3.8, 4) is 0 Å². The highest BCUT2D eigenvalue weighted by Gasteiger charge is 2.35. The number of carbonyl (C=O) groups excluding carboxylic acids is 1. The normalized spacial score (nSPS) is 11.1. The third-order valence-electron chi connectivity index (χ3n) is 3.69. The van der Waals surface area contributed by atoms with E-state index in [1.807, 2.05) is 13.8 Å². The zero-order valence-corrected chi connectivity index (χ0v) is 19.7. The summed E-state index contributed by atoms with van der Waals surface area (Å²) in [6.07, 6.45) is 1.28. The predicted molar refractivity (Wildman–Crippen MR) is 114 cm³/mol. The van der Waals surface area contributed by atoms with Gasteiger partial charge in [-0.1, -0.05) is 20.4 Å². The van der Waals surface area contributed by atoms with Crippen LogP contribution >= 0.6 is 0 Å². The maximum Gasteiger partial charge on any atom is 0.152 e. The Balaban J connectivity index is -0.000000833. The van der Waals surface area contributed by atoms with Crippen LogP contribution in [0, 0.1) is 10.8 Å². The van der Waals surface area contributed by atoms with E-state index in [9.17, 15) is 9.90 Å². The molecule has 0 bridgehead atoms. The van der Waals surface area contributed by atoms with Crippen LogP contribution in [0.25, 0.3) is 0 Å². The van der Waals surface area contributed by atoms with Gasteiger partial charge in [-0.15, -0.1) is 0 Å². The monoisotopic (exact) mass is 424 g/mol. The predicted octanol–water partition coefficient (Wildman–Crippen LogP) is 1.99. The van der Waals surface area contributed by atoms with Gasteiger partial charge in [-0.3, -0.25) is 4.79 Å². The highest BCUT2D eigenvalue weighted by atomic mass is 16.5. The largest absolute Gasteiger partial charge is 0.396 e. The molecule has 8 heteroatoms. The smallest absolute Gasteiger partial charge is 0.152 e. The first-order valence-electron chi connectivity index (χ1n) is 9.61. The van der Waals surface area contributed by atoms with E-state index in [2.05, 4.69) is 6.58 Å². The molecule has 0 fully saturated rings. The molecule has 8 nitrogen and oxygen atoms in total. The number of rotatable bonds is 16. The van der Waals surface area contributed by atoms with Gasteiger partial charge in [0.2, 0.25) is 0 Å². The van der Waals surface area contributed by atoms with Gasteiger partial charge in [0, 0.05) is 35.5 Å². The van der Waals surface area contributed by atoms with Crippen molar-refractivity contribution >= 4 is 5.78 Å². The van der Waals surface area contributed by atoms with Crippen LogP contribution in [-0.2, 0) is 33.2 Å². The van der Waals surface area contributed by atoms with Crippen LogP contribution < -0.4 is 0 Å². The number of hydrogen-bond acceptors (Lipinski definition) is 8. The number of methoxy groups -OCH3 is 5. The summed E-state index contributed by atoms with van der Waals surface area (Å²) in [5, 5.41) is 9.66. The second kappa shape index (κ2) is 21.8. The van der Waals surface area contributed by atoms with Crippen molar-refractivity contribution < 1.29 is 38.3 Å². The molecule has 0 atom stereocenters. The number of aliphatic hydroxyl groups excluding tert-OH is 1. The van der Waals surface area contributed by atoms with Crippen molar-refractivity contribution in [2.75, 3.05) is 88.4 Å². The van der Waals surface area contributed by atoms with E-state index < -0.39 is 5.41 Å². The second-order valence-corrected chi connectivity index (χ2v) is 6.63. The molecule has 0 heterocycles. The molecule has 0 aromatic carbocycles. The van der Waals surface area contributed by atoms with Crippen molar-refractivity contribution in [1.29, 1.82) is 0 Å². The molecule has 0 aliphatic carbocycles. The molecule has 0 aromatic heterocycles. The van der Waals surface area contributed by atoms with E-state index in [4.69, 9.17) is 28.4 Å². The van der Waals surface area contributed by atoms with Gasteiger partial charge in [-0.25, -0.2) is 0 Å². The van der Waals surface area contributed by atoms with E-state index in [0.717, 1.165) is 0 Å². The summed E-state index contributed by atoms with van der Waals surface area (Å²) < 4.78 is 32.1. The first-order chi connectivity index (χ1) is 13.8. The van der Waals surface area contributed by atoms with Gasteiger partial charge in [0.15, 0.2) is 5.78 Å². The lowest BCUT2D eigenvalue weighted by atomic mass is 9.90. The molecule has 0 aliphatic heterocycles. The third-order valence-corrected chi connectivity index (χ3v) is 3.69. The van der Waals surface area contributed by atoms with Gasteiger partial charge in [0.05, 0.1) is 63.7 Å². The number of allylic oxidation sites excluding steroid dienone is 1. The summed E-state index contributed by atoms with van der Waals surface area (Å²) in [4.78, 5) is 9.69. The van der Waals surface area contributed by atoms with Crippen LogP contribution in [-0.4, -0.2) is 99.3 Å². The Hall–Kier alpha value is -0.870. The van der Waals surface area contributed by atoms with Gasteiger partial charge in [-0.05, 0) is 13.0 Å². The van der Waals surface area contributed by atoms with Crippen LogP contribution in [0.1, 0.15) is 20.8 Å². The minimum absolute atomic E-state index is 0.0185. The number of ketones is 1. The van der Waals surface area contributed by atoms with E-state index in [1.54, 1.807) is 35.5 Å². The van der Waals surface area contributed by atoms with Crippen molar-refractivity contribution in [3.63, 3.8) is 0 Å². The van der Waals surface area contributed by atoms with Crippen molar-refractivity contribution in [1.82, 2.24) is 0 Å². The first-order valence-corrected chi connectivity index (χ1v) is 9.61. The lowest BCUT2D eigenvalue weighted by molar-refractivity contribution is -0.121. The molecule has 0 unspecified atom stereocenters. The fourth-order valence-corrected chi connectivity index (χ4v) is 2.53. The van der Waals surface area contributed by atoms with Crippen LogP contribution in [0.5, 0.6) is 0 Å². The molecule has 0 rings (SSSR count). The topological polar surface area (TPSA) is 92.7 Å². The Kier molecular flexibility index (Phi) is 24.7. The van der Waals surface area contributed by atoms with E-state index in [-0.39, 0.29) is 17.8 Å². The SMILES string of the molecule is C=CC(C)=O.CC.COCC(CO)(COC)COCC(COC)(COC)COC. The second-order valence-electron chi connectivity index (χ2n) is 6.63. The van der Waals surface area contributed by atoms with Gasteiger partial charge < -0.3 is 33.5 Å².